The van der Waals surface area contributed by atoms with Gasteiger partial charge in [-0.15, -0.1) is 0 Å². The standard InChI is InChI=1S/C13H10Cl3FN2/c1-6(2)10-11(15)18-13(19-12(10)16)7-3-4-9(17)8(14)5-7/h3-6H,1-2H3. The number of hydrogen-bond donors (Lipinski definition) is 0. The highest BCUT2D eigenvalue weighted by atomic mass is 35.5. The molecule has 0 aliphatic carbocycles. The van der Waals surface area contributed by atoms with Gasteiger partial charge in [-0.2, -0.15) is 0 Å². The van der Waals surface area contributed by atoms with Crippen LogP contribution in [0.1, 0.15) is 25.3 Å². The van der Waals surface area contributed by atoms with Crippen LogP contribution in [0, 0.1) is 5.82 Å². The number of hydrogen-bond acceptors (Lipinski definition) is 2. The van der Waals surface area contributed by atoms with Gasteiger partial charge in [-0.05, 0) is 24.1 Å². The molecule has 0 saturated heterocycles. The SMILES string of the molecule is CC(C)c1c(Cl)nc(-c2ccc(F)c(Cl)c2)nc1Cl. The fourth-order valence-electron chi connectivity index (χ4n) is 1.66. The zero-order chi connectivity index (χ0) is 14.2. The first-order valence-corrected chi connectivity index (χ1v) is 6.72. The van der Waals surface area contributed by atoms with Gasteiger partial charge in [0.2, 0.25) is 0 Å². The van der Waals surface area contributed by atoms with Gasteiger partial charge >= 0.3 is 0 Å². The fraction of sp³-hybridized carbons (Fsp3) is 0.231. The predicted octanol–water partition coefficient (Wildman–Crippen LogP) is 5.37. The summed E-state index contributed by atoms with van der Waals surface area (Å²) in [6.45, 7) is 3.90. The van der Waals surface area contributed by atoms with Crippen molar-refractivity contribution < 1.29 is 4.39 Å². The molecule has 0 radical (unpaired) electrons. The van der Waals surface area contributed by atoms with Gasteiger partial charge in [0.05, 0.1) is 5.02 Å². The normalized spacial score (nSPS) is 11.1. The number of aromatic nitrogens is 2. The second-order valence-electron chi connectivity index (χ2n) is 4.33. The Kier molecular flexibility index (Phi) is 4.29. The monoisotopic (exact) mass is 318 g/mol. The summed E-state index contributed by atoms with van der Waals surface area (Å²) in [6.07, 6.45) is 0. The first-order valence-electron chi connectivity index (χ1n) is 5.58. The lowest BCUT2D eigenvalue weighted by Crippen LogP contribution is -1.99. The van der Waals surface area contributed by atoms with E-state index in [1.54, 1.807) is 0 Å². The first-order chi connectivity index (χ1) is 8.90. The minimum absolute atomic E-state index is 0.00119. The van der Waals surface area contributed by atoms with E-state index >= 15 is 0 Å². The van der Waals surface area contributed by atoms with Crippen molar-refractivity contribution in [2.45, 2.75) is 19.8 Å². The molecule has 0 fully saturated rings. The van der Waals surface area contributed by atoms with Gasteiger partial charge in [-0.25, -0.2) is 14.4 Å². The second-order valence-corrected chi connectivity index (χ2v) is 5.45. The largest absolute Gasteiger partial charge is 0.216 e. The zero-order valence-electron chi connectivity index (χ0n) is 10.2. The smallest absolute Gasteiger partial charge is 0.162 e. The summed E-state index contributed by atoms with van der Waals surface area (Å²) in [4.78, 5) is 8.37. The molecule has 1 heterocycles. The summed E-state index contributed by atoms with van der Waals surface area (Å²) in [6, 6.07) is 4.21. The van der Waals surface area contributed by atoms with Gasteiger partial charge in [0.25, 0.3) is 0 Å². The van der Waals surface area contributed by atoms with E-state index in [4.69, 9.17) is 34.8 Å². The van der Waals surface area contributed by atoms with Crippen molar-refractivity contribution >= 4 is 34.8 Å². The molecule has 0 aliphatic rings. The predicted molar refractivity (Wildman–Crippen MR) is 76.5 cm³/mol. The minimum atomic E-state index is -0.499. The van der Waals surface area contributed by atoms with Crippen LogP contribution in [0.25, 0.3) is 11.4 Å². The second kappa shape index (κ2) is 5.61. The molecule has 6 heteroatoms. The highest BCUT2D eigenvalue weighted by Gasteiger charge is 2.16. The van der Waals surface area contributed by atoms with Gasteiger partial charge in [-0.1, -0.05) is 48.7 Å². The van der Waals surface area contributed by atoms with E-state index in [0.717, 1.165) is 0 Å². The maximum Gasteiger partial charge on any atom is 0.162 e. The van der Waals surface area contributed by atoms with Gasteiger partial charge in [0.15, 0.2) is 5.82 Å². The Hall–Kier alpha value is -0.900. The third kappa shape index (κ3) is 2.99. The number of nitrogens with zero attached hydrogens (tertiary/aromatic N) is 2. The molecule has 0 unspecified atom stereocenters. The third-order valence-electron chi connectivity index (χ3n) is 2.61. The average molecular weight is 320 g/mol. The molecule has 100 valence electrons. The Morgan fingerprint density at radius 2 is 1.63 bits per heavy atom. The van der Waals surface area contributed by atoms with Crippen LogP contribution < -0.4 is 0 Å². The molecule has 0 spiro atoms. The Balaban J connectivity index is 2.55. The molecule has 2 nitrogen and oxygen atoms in total. The molecule has 2 rings (SSSR count). The Labute approximate surface area is 125 Å². The summed E-state index contributed by atoms with van der Waals surface area (Å²) < 4.78 is 13.1. The fourth-order valence-corrected chi connectivity index (χ4v) is 2.66. The van der Waals surface area contributed by atoms with Gasteiger partial charge in [-0.3, -0.25) is 0 Å². The molecular formula is C13H10Cl3FN2. The van der Waals surface area contributed by atoms with Crippen LogP contribution in [-0.4, -0.2) is 9.97 Å². The maximum absolute atomic E-state index is 13.1. The summed E-state index contributed by atoms with van der Waals surface area (Å²) in [5.74, 6) is -0.0615. The molecular weight excluding hydrogens is 310 g/mol. The van der Waals surface area contributed by atoms with Crippen LogP contribution in [0.5, 0.6) is 0 Å². The summed E-state index contributed by atoms with van der Waals surface area (Å²) in [5, 5.41) is 0.595. The van der Waals surface area contributed by atoms with E-state index in [2.05, 4.69) is 9.97 Å². The molecule has 0 atom stereocenters. The van der Waals surface area contributed by atoms with E-state index in [-0.39, 0.29) is 10.9 Å². The molecule has 1 aromatic carbocycles. The van der Waals surface area contributed by atoms with Crippen molar-refractivity contribution in [3.05, 3.63) is 44.9 Å². The van der Waals surface area contributed by atoms with E-state index in [1.165, 1.54) is 18.2 Å². The van der Waals surface area contributed by atoms with Crippen molar-refractivity contribution in [1.29, 1.82) is 0 Å². The summed E-state index contributed by atoms with van der Waals surface area (Å²) in [5.41, 5.74) is 1.26. The van der Waals surface area contributed by atoms with E-state index in [1.807, 2.05) is 13.8 Å². The molecule has 19 heavy (non-hydrogen) atoms. The lowest BCUT2D eigenvalue weighted by Gasteiger charge is -2.11. The van der Waals surface area contributed by atoms with Crippen LogP contribution in [0.15, 0.2) is 18.2 Å². The van der Waals surface area contributed by atoms with Crippen molar-refractivity contribution in [2.24, 2.45) is 0 Å². The van der Waals surface area contributed by atoms with Crippen LogP contribution >= 0.6 is 34.8 Å². The molecule has 0 bridgehead atoms. The van der Waals surface area contributed by atoms with E-state index in [9.17, 15) is 4.39 Å². The molecule has 2 aromatic rings. The van der Waals surface area contributed by atoms with Gasteiger partial charge < -0.3 is 0 Å². The molecule has 0 saturated carbocycles. The number of halogens is 4. The van der Waals surface area contributed by atoms with Crippen molar-refractivity contribution in [3.8, 4) is 11.4 Å². The Morgan fingerprint density at radius 3 is 2.11 bits per heavy atom. The summed E-state index contributed by atoms with van der Waals surface area (Å²) >= 11 is 17.9. The zero-order valence-corrected chi connectivity index (χ0v) is 12.5. The number of benzene rings is 1. The van der Waals surface area contributed by atoms with Gasteiger partial charge in [0.1, 0.15) is 16.1 Å². The Bertz CT molecular complexity index is 606. The molecule has 1 aromatic heterocycles. The van der Waals surface area contributed by atoms with Crippen LogP contribution in [0.4, 0.5) is 4.39 Å². The Morgan fingerprint density at radius 1 is 1.05 bits per heavy atom. The first kappa shape index (κ1) is 14.5. The minimum Gasteiger partial charge on any atom is -0.216 e. The van der Waals surface area contributed by atoms with Crippen LogP contribution in [0.3, 0.4) is 0 Å². The maximum atomic E-state index is 13.1. The van der Waals surface area contributed by atoms with Crippen molar-refractivity contribution in [3.63, 3.8) is 0 Å². The molecule has 0 amide bonds. The van der Waals surface area contributed by atoms with Crippen LogP contribution in [0.2, 0.25) is 15.3 Å². The lowest BCUT2D eigenvalue weighted by molar-refractivity contribution is 0.628. The topological polar surface area (TPSA) is 25.8 Å². The number of rotatable bonds is 2. The van der Waals surface area contributed by atoms with Gasteiger partial charge in [0, 0.05) is 11.1 Å². The van der Waals surface area contributed by atoms with E-state index < -0.39 is 5.82 Å². The highest BCUT2D eigenvalue weighted by molar-refractivity contribution is 6.34. The van der Waals surface area contributed by atoms with Crippen molar-refractivity contribution in [2.75, 3.05) is 0 Å². The lowest BCUT2D eigenvalue weighted by atomic mass is 10.1. The molecule has 0 aliphatic heterocycles. The highest BCUT2D eigenvalue weighted by Crippen LogP contribution is 2.31. The molecule has 0 N–H and O–H groups in total. The average Bonchev–Trinajstić information content (AvgIpc) is 2.31. The quantitative estimate of drug-likeness (QED) is 0.696. The van der Waals surface area contributed by atoms with Crippen molar-refractivity contribution in [1.82, 2.24) is 9.97 Å². The third-order valence-corrected chi connectivity index (χ3v) is 3.47. The summed E-state index contributed by atoms with van der Waals surface area (Å²) in [7, 11) is 0. The van der Waals surface area contributed by atoms with Crippen LogP contribution in [-0.2, 0) is 0 Å². The van der Waals surface area contributed by atoms with E-state index in [0.29, 0.717) is 27.3 Å².